The van der Waals surface area contributed by atoms with Crippen molar-refractivity contribution >= 4 is 11.9 Å². The number of hydrogen-bond donors (Lipinski definition) is 0. The molecule has 6 heteroatoms. The maximum absolute atomic E-state index is 12.1. The fraction of sp³-hybridized carbons (Fsp3) is 0.467. The number of rotatable bonds is 7. The highest BCUT2D eigenvalue weighted by Crippen LogP contribution is 2.28. The van der Waals surface area contributed by atoms with E-state index >= 15 is 0 Å². The van der Waals surface area contributed by atoms with Crippen molar-refractivity contribution in [3.05, 3.63) is 23.8 Å². The summed E-state index contributed by atoms with van der Waals surface area (Å²) in [6, 6.07) is 5.07. The van der Waals surface area contributed by atoms with Gasteiger partial charge in [-0.1, -0.05) is 0 Å². The van der Waals surface area contributed by atoms with E-state index in [0.29, 0.717) is 17.1 Å². The van der Waals surface area contributed by atoms with E-state index in [2.05, 4.69) is 0 Å². The van der Waals surface area contributed by atoms with Gasteiger partial charge in [0.1, 0.15) is 24.0 Å². The molecule has 0 bridgehead atoms. The molecule has 116 valence electrons. The normalized spacial score (nSPS) is 11.4. The van der Waals surface area contributed by atoms with Gasteiger partial charge in [0, 0.05) is 13.0 Å². The van der Waals surface area contributed by atoms with Gasteiger partial charge >= 0.3 is 11.9 Å². The molecule has 0 aliphatic rings. The van der Waals surface area contributed by atoms with Gasteiger partial charge in [-0.25, -0.2) is 0 Å². The van der Waals surface area contributed by atoms with Crippen molar-refractivity contribution in [3.63, 3.8) is 0 Å². The van der Waals surface area contributed by atoms with Gasteiger partial charge in [-0.2, -0.15) is 0 Å². The van der Waals surface area contributed by atoms with Crippen molar-refractivity contribution in [2.75, 3.05) is 27.4 Å². The zero-order valence-electron chi connectivity index (χ0n) is 12.7. The van der Waals surface area contributed by atoms with E-state index in [1.54, 1.807) is 25.1 Å². The lowest BCUT2D eigenvalue weighted by molar-refractivity contribution is -0.150. The van der Waals surface area contributed by atoms with E-state index in [9.17, 15) is 9.59 Å². The van der Waals surface area contributed by atoms with Crippen molar-refractivity contribution in [1.82, 2.24) is 0 Å². The minimum atomic E-state index is -0.724. The molecule has 0 radical (unpaired) electrons. The Labute approximate surface area is 123 Å². The molecule has 6 nitrogen and oxygen atoms in total. The average Bonchev–Trinajstić information content (AvgIpc) is 2.47. The highest BCUT2D eigenvalue weighted by molar-refractivity contribution is 5.79. The summed E-state index contributed by atoms with van der Waals surface area (Å²) in [4.78, 5) is 23.0. The third kappa shape index (κ3) is 4.98. The Balaban J connectivity index is 3.10. The van der Waals surface area contributed by atoms with Gasteiger partial charge in [-0.05, 0) is 24.6 Å². The van der Waals surface area contributed by atoms with Crippen molar-refractivity contribution in [2.24, 2.45) is 0 Å². The van der Waals surface area contributed by atoms with Gasteiger partial charge in [-0.3, -0.25) is 9.59 Å². The molecule has 0 aliphatic carbocycles. The quantitative estimate of drug-likeness (QED) is 0.716. The Bertz CT molecular complexity index is 475. The minimum absolute atomic E-state index is 0.0928. The lowest BCUT2D eigenvalue weighted by Gasteiger charge is -2.17. The molecule has 0 aromatic heterocycles. The first-order valence-corrected chi connectivity index (χ1v) is 6.54. The molecule has 1 atom stereocenters. The molecule has 0 saturated heterocycles. The lowest BCUT2D eigenvalue weighted by Crippen LogP contribution is -2.22. The number of hydrogen-bond acceptors (Lipinski definition) is 6. The summed E-state index contributed by atoms with van der Waals surface area (Å²) in [5.74, 6) is -0.561. The van der Waals surface area contributed by atoms with Crippen LogP contribution in [0.5, 0.6) is 11.5 Å². The average molecular weight is 296 g/mol. The molecule has 0 fully saturated rings. The number of methoxy groups -OCH3 is 2. The summed E-state index contributed by atoms with van der Waals surface area (Å²) in [6.07, 6.45) is 0. The highest BCUT2D eigenvalue weighted by atomic mass is 16.5. The van der Waals surface area contributed by atoms with E-state index < -0.39 is 17.9 Å². The van der Waals surface area contributed by atoms with Crippen LogP contribution in [0, 0.1) is 0 Å². The zero-order valence-corrected chi connectivity index (χ0v) is 12.7. The van der Waals surface area contributed by atoms with Crippen LogP contribution < -0.4 is 9.47 Å². The third-order valence-corrected chi connectivity index (χ3v) is 2.80. The molecule has 0 amide bonds. The molecular weight excluding hydrogens is 276 g/mol. The monoisotopic (exact) mass is 296 g/mol. The van der Waals surface area contributed by atoms with Crippen LogP contribution in [0.4, 0.5) is 0 Å². The predicted octanol–water partition coefficient (Wildman–Crippen LogP) is 1.91. The second kappa shape index (κ2) is 8.14. The Hall–Kier alpha value is -2.24. The third-order valence-electron chi connectivity index (χ3n) is 2.80. The number of carbonyl (C=O) groups excluding carboxylic acids is 2. The maximum Gasteiger partial charge on any atom is 0.316 e. The predicted molar refractivity (Wildman–Crippen MR) is 75.6 cm³/mol. The first-order chi connectivity index (χ1) is 10.0. The molecule has 1 aromatic rings. The van der Waals surface area contributed by atoms with Gasteiger partial charge < -0.3 is 18.9 Å². The summed E-state index contributed by atoms with van der Waals surface area (Å²) in [5, 5.41) is 0. The molecule has 0 N–H and O–H groups in total. The Morgan fingerprint density at radius 1 is 1.05 bits per heavy atom. The number of carbonyl (C=O) groups is 2. The topological polar surface area (TPSA) is 71.1 Å². The van der Waals surface area contributed by atoms with E-state index in [1.807, 2.05) is 0 Å². The van der Waals surface area contributed by atoms with Crippen LogP contribution in [0.1, 0.15) is 25.3 Å². The first-order valence-electron chi connectivity index (χ1n) is 6.54. The molecule has 0 saturated carbocycles. The van der Waals surface area contributed by atoms with Crippen molar-refractivity contribution in [1.29, 1.82) is 0 Å². The summed E-state index contributed by atoms with van der Waals surface area (Å²) in [5.41, 5.74) is 0.603. The Morgan fingerprint density at radius 2 is 1.62 bits per heavy atom. The van der Waals surface area contributed by atoms with Crippen molar-refractivity contribution in [2.45, 2.75) is 19.8 Å². The first kappa shape index (κ1) is 16.8. The van der Waals surface area contributed by atoms with Gasteiger partial charge in [-0.15, -0.1) is 0 Å². The SMILES string of the molecule is CCOC(=O)[C@H](COC(C)=O)c1cc(OC)cc(OC)c1. The van der Waals surface area contributed by atoms with Crippen molar-refractivity contribution < 1.29 is 28.5 Å². The second-order valence-electron chi connectivity index (χ2n) is 4.25. The van der Waals surface area contributed by atoms with Gasteiger partial charge in [0.2, 0.25) is 0 Å². The fourth-order valence-electron chi connectivity index (χ4n) is 1.77. The van der Waals surface area contributed by atoms with Crippen LogP contribution >= 0.6 is 0 Å². The highest BCUT2D eigenvalue weighted by Gasteiger charge is 2.25. The van der Waals surface area contributed by atoms with Crippen LogP contribution in [0.2, 0.25) is 0 Å². The largest absolute Gasteiger partial charge is 0.497 e. The smallest absolute Gasteiger partial charge is 0.316 e. The molecule has 21 heavy (non-hydrogen) atoms. The van der Waals surface area contributed by atoms with Crippen LogP contribution in [-0.4, -0.2) is 39.4 Å². The van der Waals surface area contributed by atoms with Gasteiger partial charge in [0.25, 0.3) is 0 Å². The fourth-order valence-corrected chi connectivity index (χ4v) is 1.77. The maximum atomic E-state index is 12.1. The summed E-state index contributed by atoms with van der Waals surface area (Å²) >= 11 is 0. The van der Waals surface area contributed by atoms with Crippen molar-refractivity contribution in [3.8, 4) is 11.5 Å². The zero-order chi connectivity index (χ0) is 15.8. The molecule has 0 unspecified atom stereocenters. The lowest BCUT2D eigenvalue weighted by atomic mass is 9.99. The molecular formula is C15H20O6. The number of ether oxygens (including phenoxy) is 4. The van der Waals surface area contributed by atoms with E-state index in [1.165, 1.54) is 21.1 Å². The number of benzene rings is 1. The minimum Gasteiger partial charge on any atom is -0.497 e. The summed E-state index contributed by atoms with van der Waals surface area (Å²) in [6.45, 7) is 3.16. The summed E-state index contributed by atoms with van der Waals surface area (Å²) < 4.78 is 20.3. The Kier molecular flexibility index (Phi) is 6.52. The molecule has 0 heterocycles. The van der Waals surface area contributed by atoms with E-state index in [4.69, 9.17) is 18.9 Å². The standard InChI is InChI=1S/C15H20O6/c1-5-20-15(17)14(9-21-10(2)16)11-6-12(18-3)8-13(7-11)19-4/h6-8,14H,5,9H2,1-4H3/t14-/m1/s1. The number of esters is 2. The molecule has 0 aliphatic heterocycles. The van der Waals surface area contributed by atoms with E-state index in [0.717, 1.165) is 0 Å². The van der Waals surface area contributed by atoms with Crippen LogP contribution in [0.25, 0.3) is 0 Å². The van der Waals surface area contributed by atoms with Gasteiger partial charge in [0.05, 0.1) is 20.8 Å². The molecule has 1 aromatic carbocycles. The second-order valence-corrected chi connectivity index (χ2v) is 4.25. The summed E-state index contributed by atoms with van der Waals surface area (Å²) in [7, 11) is 3.04. The van der Waals surface area contributed by atoms with Gasteiger partial charge in [0.15, 0.2) is 0 Å². The van der Waals surface area contributed by atoms with E-state index in [-0.39, 0.29) is 13.2 Å². The van der Waals surface area contributed by atoms with Crippen LogP contribution in [-0.2, 0) is 19.1 Å². The molecule has 1 rings (SSSR count). The Morgan fingerprint density at radius 3 is 2.05 bits per heavy atom. The van der Waals surface area contributed by atoms with Crippen LogP contribution in [0.3, 0.4) is 0 Å². The van der Waals surface area contributed by atoms with Crippen LogP contribution in [0.15, 0.2) is 18.2 Å². The molecule has 0 spiro atoms.